The summed E-state index contributed by atoms with van der Waals surface area (Å²) in [5, 5.41) is 0. The van der Waals surface area contributed by atoms with E-state index < -0.39 is 0 Å². The maximum absolute atomic E-state index is 5.08. The van der Waals surface area contributed by atoms with Crippen molar-refractivity contribution in [3.63, 3.8) is 0 Å². The van der Waals surface area contributed by atoms with Gasteiger partial charge in [0, 0.05) is 40.8 Å². The van der Waals surface area contributed by atoms with Crippen LogP contribution in [-0.2, 0) is 19.3 Å². The third kappa shape index (κ3) is 11.7. The summed E-state index contributed by atoms with van der Waals surface area (Å²) >= 11 is 0. The molecule has 0 saturated heterocycles. The van der Waals surface area contributed by atoms with E-state index in [1.807, 2.05) is 6.07 Å². The number of allylic oxidation sites excluding steroid dienone is 10. The lowest BCUT2D eigenvalue weighted by atomic mass is 9.85. The summed E-state index contributed by atoms with van der Waals surface area (Å²) < 4.78 is 0. The molecule has 1 heterocycles. The van der Waals surface area contributed by atoms with Gasteiger partial charge in [-0.3, -0.25) is 4.98 Å². The van der Waals surface area contributed by atoms with Crippen LogP contribution < -0.4 is 4.90 Å². The third-order valence-electron chi connectivity index (χ3n) is 13.7. The number of likely N-dealkylation sites (N-methyl/N-ethyl adjacent to an activating group) is 1. The number of benzene rings is 5. The first-order chi connectivity index (χ1) is 32.7. The standard InChI is InChI=1S/C32H33N.C27H31N.C7H10/c1-7-25-17-19-26(20-18-25)23(4)30-21-27-13-11-12-16-29(27)32(30)31(22(2)3)24(5)33(6)28-14-9-8-10-15-28;1-8-22-13-15-23(16-14-22)27-20(6)26(24-12-10-9-11-18(24)4)25(21(7)28-27)19(5)17(2)3;1-7-5-3-2-4-6-7/h8-20H,2,5,7,21H2,1,3-4,6H3;9-16H,8H2,1-7H3;3,5-6H,2,4H2,1H3/b30-23+,32-31-;;. The predicted molar refractivity (Wildman–Crippen MR) is 299 cm³/mol. The van der Waals surface area contributed by atoms with Crippen LogP contribution in [0.1, 0.15) is 118 Å². The normalized spacial score (nSPS) is 14.0. The number of anilines is 1. The number of fused-ring (bicyclic) bond motifs is 1. The Balaban J connectivity index is 0.000000197. The Hall–Kier alpha value is -6.77. The summed E-state index contributed by atoms with van der Waals surface area (Å²) in [5.41, 5.74) is 28.7. The fourth-order valence-electron chi connectivity index (χ4n) is 9.33. The van der Waals surface area contributed by atoms with Gasteiger partial charge < -0.3 is 4.90 Å². The van der Waals surface area contributed by atoms with Gasteiger partial charge in [0.25, 0.3) is 0 Å². The van der Waals surface area contributed by atoms with Crippen LogP contribution in [0.2, 0.25) is 0 Å². The molecule has 0 fully saturated rings. The number of aryl methyl sites for hydroxylation is 4. The highest BCUT2D eigenvalue weighted by Crippen LogP contribution is 2.46. The topological polar surface area (TPSA) is 16.1 Å². The summed E-state index contributed by atoms with van der Waals surface area (Å²) in [6, 6.07) is 45.7. The van der Waals surface area contributed by atoms with Crippen molar-refractivity contribution in [1.29, 1.82) is 0 Å². The zero-order valence-electron chi connectivity index (χ0n) is 43.2. The second kappa shape index (κ2) is 23.3. The zero-order chi connectivity index (χ0) is 49.1. The van der Waals surface area contributed by atoms with Gasteiger partial charge in [-0.2, -0.15) is 0 Å². The third-order valence-corrected chi connectivity index (χ3v) is 13.7. The molecule has 0 saturated carbocycles. The van der Waals surface area contributed by atoms with Crippen LogP contribution >= 0.6 is 0 Å². The molecule has 2 aliphatic carbocycles. The fraction of sp³-hybridized carbons (Fsp3) is 0.258. The number of nitrogens with zero attached hydrogens (tertiary/aromatic N) is 2. The van der Waals surface area contributed by atoms with Crippen LogP contribution in [0, 0.1) is 20.8 Å². The first kappa shape index (κ1) is 50.6. The van der Waals surface area contributed by atoms with Crippen molar-refractivity contribution in [1.82, 2.24) is 4.98 Å². The van der Waals surface area contributed by atoms with E-state index in [1.165, 1.54) is 107 Å². The van der Waals surface area contributed by atoms with Crippen molar-refractivity contribution in [3.05, 3.63) is 243 Å². The molecule has 68 heavy (non-hydrogen) atoms. The lowest BCUT2D eigenvalue weighted by Gasteiger charge is -2.27. The maximum Gasteiger partial charge on any atom is 0.0740 e. The Morgan fingerprint density at radius 1 is 0.662 bits per heavy atom. The molecule has 2 aliphatic rings. The molecule has 2 nitrogen and oxygen atoms in total. The van der Waals surface area contributed by atoms with Crippen molar-refractivity contribution < 1.29 is 0 Å². The minimum absolute atomic E-state index is 0.923. The molecule has 0 unspecified atom stereocenters. The maximum atomic E-state index is 5.08. The summed E-state index contributed by atoms with van der Waals surface area (Å²) in [4.78, 5) is 7.25. The van der Waals surface area contributed by atoms with E-state index in [1.54, 1.807) is 0 Å². The quantitative estimate of drug-likeness (QED) is 0.136. The van der Waals surface area contributed by atoms with Gasteiger partial charge in [-0.25, -0.2) is 0 Å². The molecule has 0 aliphatic heterocycles. The Labute approximate surface area is 410 Å². The van der Waals surface area contributed by atoms with E-state index in [4.69, 9.17) is 4.98 Å². The van der Waals surface area contributed by atoms with E-state index in [2.05, 4.69) is 241 Å². The van der Waals surface area contributed by atoms with Crippen LogP contribution in [0.25, 0.3) is 39.1 Å². The molecule has 6 aromatic rings. The second-order valence-electron chi connectivity index (χ2n) is 18.7. The number of pyridine rings is 1. The van der Waals surface area contributed by atoms with E-state index >= 15 is 0 Å². The summed E-state index contributed by atoms with van der Waals surface area (Å²) in [7, 11) is 2.09. The van der Waals surface area contributed by atoms with Gasteiger partial charge in [-0.05, 0) is 184 Å². The van der Waals surface area contributed by atoms with Crippen LogP contribution in [-0.4, -0.2) is 12.0 Å². The number of rotatable bonds is 10. The SMILES string of the molecule is C=C(C)/C(C(=C)N(C)c1ccccc1)=C1/C(=C(\C)c2ccc(CC)cc2)Cc2ccccc21.CC1=CCCC=C1.CCc1ccc(-c2nc(C)c(C(C)=C(C)C)c(-c3ccccc3C)c2C)cc1. The molecule has 0 atom stereocenters. The fourth-order valence-corrected chi connectivity index (χ4v) is 9.33. The van der Waals surface area contributed by atoms with E-state index in [-0.39, 0.29) is 0 Å². The Kier molecular flexibility index (Phi) is 17.4. The second-order valence-corrected chi connectivity index (χ2v) is 18.7. The smallest absolute Gasteiger partial charge is 0.0740 e. The molecule has 5 aromatic carbocycles. The Bertz CT molecular complexity index is 2920. The molecule has 348 valence electrons. The van der Waals surface area contributed by atoms with Crippen molar-refractivity contribution in [2.45, 2.75) is 108 Å². The number of hydrogen-bond donors (Lipinski definition) is 0. The van der Waals surface area contributed by atoms with Gasteiger partial charge in [-0.1, -0.05) is 172 Å². The lowest BCUT2D eigenvalue weighted by molar-refractivity contribution is 1.02. The largest absolute Gasteiger partial charge is 0.345 e. The van der Waals surface area contributed by atoms with Crippen LogP contribution in [0.4, 0.5) is 5.69 Å². The minimum atomic E-state index is 0.923. The molecule has 0 bridgehead atoms. The molecule has 0 spiro atoms. The van der Waals surface area contributed by atoms with Crippen LogP contribution in [0.15, 0.2) is 192 Å². The van der Waals surface area contributed by atoms with Gasteiger partial charge in [0.05, 0.1) is 5.69 Å². The highest BCUT2D eigenvalue weighted by Gasteiger charge is 2.29. The molecule has 0 radical (unpaired) electrons. The van der Waals surface area contributed by atoms with Gasteiger partial charge in [-0.15, -0.1) is 0 Å². The van der Waals surface area contributed by atoms with Gasteiger partial charge in [0.2, 0.25) is 0 Å². The summed E-state index contributed by atoms with van der Waals surface area (Å²) in [6.07, 6.45) is 12.2. The molecule has 8 rings (SSSR count). The van der Waals surface area contributed by atoms with Crippen molar-refractivity contribution >= 4 is 22.4 Å². The lowest BCUT2D eigenvalue weighted by Crippen LogP contribution is -2.18. The van der Waals surface area contributed by atoms with E-state index in [9.17, 15) is 0 Å². The zero-order valence-corrected chi connectivity index (χ0v) is 43.2. The van der Waals surface area contributed by atoms with Crippen LogP contribution in [0.5, 0.6) is 0 Å². The monoisotopic (exact) mass is 895 g/mol. The van der Waals surface area contributed by atoms with E-state index in [0.717, 1.165) is 53.2 Å². The first-order valence-electron chi connectivity index (χ1n) is 24.6. The molecular weight excluding hydrogens is 821 g/mol. The summed E-state index contributed by atoms with van der Waals surface area (Å²) in [5.74, 6) is 0. The molecule has 2 heteroatoms. The Morgan fingerprint density at radius 3 is 1.79 bits per heavy atom. The average Bonchev–Trinajstić information content (AvgIpc) is 3.73. The molecule has 0 amide bonds. The molecule has 0 N–H and O–H groups in total. The number of aromatic nitrogens is 1. The molecule has 1 aromatic heterocycles. The van der Waals surface area contributed by atoms with Gasteiger partial charge in [0.1, 0.15) is 0 Å². The minimum Gasteiger partial charge on any atom is -0.345 e. The predicted octanol–water partition coefficient (Wildman–Crippen LogP) is 18.3. The highest BCUT2D eigenvalue weighted by atomic mass is 15.1. The molecular formula is C66H74N2. The van der Waals surface area contributed by atoms with Gasteiger partial charge in [0.15, 0.2) is 0 Å². The van der Waals surface area contributed by atoms with Crippen LogP contribution in [0.3, 0.4) is 0 Å². The summed E-state index contributed by atoms with van der Waals surface area (Å²) in [6.45, 7) is 33.0. The van der Waals surface area contributed by atoms with E-state index in [0.29, 0.717) is 0 Å². The van der Waals surface area contributed by atoms with Gasteiger partial charge >= 0.3 is 0 Å². The number of hydrogen-bond acceptors (Lipinski definition) is 2. The number of para-hydroxylation sites is 1. The average molecular weight is 895 g/mol. The van der Waals surface area contributed by atoms with Crippen molar-refractivity contribution in [2.24, 2.45) is 0 Å². The Morgan fingerprint density at radius 2 is 1.25 bits per heavy atom. The van der Waals surface area contributed by atoms with Crippen molar-refractivity contribution in [3.8, 4) is 22.4 Å². The van der Waals surface area contributed by atoms with Crippen molar-refractivity contribution in [2.75, 3.05) is 11.9 Å². The first-order valence-corrected chi connectivity index (χ1v) is 24.6. The highest BCUT2D eigenvalue weighted by molar-refractivity contribution is 5.98.